The molecule has 266 valence electrons. The van der Waals surface area contributed by atoms with Crippen LogP contribution in [0.25, 0.3) is 21.3 Å². The third kappa shape index (κ3) is 6.91. The first-order chi connectivity index (χ1) is 23.6. The minimum atomic E-state index is -3.77. The smallest absolute Gasteiger partial charge is 0.267 e. The molecule has 1 saturated carbocycles. The zero-order chi connectivity index (χ0) is 35.6. The predicted molar refractivity (Wildman–Crippen MR) is 189 cm³/mol. The van der Waals surface area contributed by atoms with Crippen molar-refractivity contribution in [2.45, 2.75) is 77.3 Å². The van der Waals surface area contributed by atoms with Gasteiger partial charge in [0, 0.05) is 64.8 Å². The average molecular weight is 746 g/mol. The van der Waals surface area contributed by atoms with Crippen LogP contribution in [0.15, 0.2) is 34.4 Å². The second kappa shape index (κ2) is 12.9. The van der Waals surface area contributed by atoms with Gasteiger partial charge in [-0.1, -0.05) is 11.6 Å². The number of alkyl halides is 2. The largest absolute Gasteiger partial charge is 0.491 e. The van der Waals surface area contributed by atoms with Crippen LogP contribution >= 0.6 is 22.9 Å². The van der Waals surface area contributed by atoms with Gasteiger partial charge < -0.3 is 4.74 Å². The van der Waals surface area contributed by atoms with E-state index in [0.29, 0.717) is 63.8 Å². The molecule has 4 aromatic rings. The quantitative estimate of drug-likeness (QED) is 0.236. The van der Waals surface area contributed by atoms with Gasteiger partial charge in [0.2, 0.25) is 15.9 Å². The lowest BCUT2D eigenvalue weighted by atomic mass is 9.66. The van der Waals surface area contributed by atoms with Gasteiger partial charge in [0.15, 0.2) is 0 Å². The van der Waals surface area contributed by atoms with Crippen molar-refractivity contribution in [2.24, 2.45) is 5.41 Å². The summed E-state index contributed by atoms with van der Waals surface area (Å²) >= 11 is 7.70. The molecular formula is C35H38ClF2N5O5S2. The molecule has 1 aromatic carbocycles. The van der Waals surface area contributed by atoms with Gasteiger partial charge in [0.1, 0.15) is 18.2 Å². The second-order valence-corrected chi connectivity index (χ2v) is 17.1. The van der Waals surface area contributed by atoms with E-state index in [9.17, 15) is 26.8 Å². The highest BCUT2D eigenvalue weighted by atomic mass is 35.5. The van der Waals surface area contributed by atoms with Crippen LogP contribution in [-0.4, -0.2) is 71.7 Å². The molecule has 3 aromatic heterocycles. The van der Waals surface area contributed by atoms with Crippen LogP contribution in [0.1, 0.15) is 65.2 Å². The minimum absolute atomic E-state index is 0.00899. The standard InChI is InChI=1S/C35H38ClF2N5O5S2/c1-20-14-25(31-30(39-20)27(17-49-31)32(44)41-50(3,46)47)24-15-22(36)4-7-29(24)48-13-12-43-21(2)40-28-6-5-23(16-26(28)33(43)45)42-18-34(19-42)8-10-35(37,38)11-9-34/h4,7,14-15,17,23H,5-6,8-13,16,18-19H2,1-3H3,(H,41,44)/t23-/m1/s1. The Balaban J connectivity index is 1.08. The molecular weight excluding hydrogens is 708 g/mol. The van der Waals surface area contributed by atoms with Gasteiger partial charge in [-0.2, -0.15) is 0 Å². The first-order valence-electron chi connectivity index (χ1n) is 16.7. The van der Waals surface area contributed by atoms with Crippen molar-refractivity contribution in [3.63, 3.8) is 0 Å². The number of thiophene rings is 1. The maximum Gasteiger partial charge on any atom is 0.267 e. The summed E-state index contributed by atoms with van der Waals surface area (Å²) in [5.74, 6) is -2.17. The van der Waals surface area contributed by atoms with E-state index >= 15 is 0 Å². The third-order valence-corrected chi connectivity index (χ3v) is 12.1. The van der Waals surface area contributed by atoms with E-state index in [0.717, 1.165) is 42.6 Å². The number of carbonyl (C=O) groups excluding carboxylic acids is 1. The Morgan fingerprint density at radius 2 is 1.86 bits per heavy atom. The molecule has 1 atom stereocenters. The molecule has 7 rings (SSSR count). The molecule has 3 aliphatic rings. The summed E-state index contributed by atoms with van der Waals surface area (Å²) in [5.41, 5.74) is 3.98. The number of halogens is 3. The van der Waals surface area contributed by atoms with Crippen LogP contribution in [0.5, 0.6) is 5.75 Å². The molecule has 2 aliphatic carbocycles. The summed E-state index contributed by atoms with van der Waals surface area (Å²) in [4.78, 5) is 38.3. The summed E-state index contributed by atoms with van der Waals surface area (Å²) in [6.45, 7) is 5.67. The van der Waals surface area contributed by atoms with Gasteiger partial charge in [-0.3, -0.25) is 24.0 Å². The maximum absolute atomic E-state index is 13.9. The molecule has 1 saturated heterocycles. The van der Waals surface area contributed by atoms with E-state index in [1.165, 1.54) is 11.3 Å². The van der Waals surface area contributed by atoms with Crippen molar-refractivity contribution >= 4 is 49.1 Å². The van der Waals surface area contributed by atoms with Gasteiger partial charge >= 0.3 is 0 Å². The van der Waals surface area contributed by atoms with Gasteiger partial charge in [-0.15, -0.1) is 11.3 Å². The van der Waals surface area contributed by atoms with Crippen molar-refractivity contribution in [3.05, 3.63) is 73.4 Å². The number of pyridine rings is 1. The number of rotatable bonds is 8. The molecule has 0 bridgehead atoms. The molecule has 0 unspecified atom stereocenters. The summed E-state index contributed by atoms with van der Waals surface area (Å²) in [5, 5.41) is 2.04. The number of benzene rings is 1. The van der Waals surface area contributed by atoms with E-state index in [2.05, 4.69) is 9.88 Å². The normalized spacial score (nSPS) is 20.0. The summed E-state index contributed by atoms with van der Waals surface area (Å²) in [7, 11) is -3.77. The van der Waals surface area contributed by atoms with Crippen LogP contribution in [0.4, 0.5) is 8.78 Å². The fraction of sp³-hybridized carbons (Fsp3) is 0.486. The van der Waals surface area contributed by atoms with Crippen molar-refractivity contribution in [1.82, 2.24) is 24.2 Å². The number of nitrogens with one attached hydrogen (secondary N) is 1. The van der Waals surface area contributed by atoms with E-state index in [4.69, 9.17) is 21.3 Å². The van der Waals surface area contributed by atoms with E-state index < -0.39 is 21.9 Å². The van der Waals surface area contributed by atoms with Gasteiger partial charge in [0.05, 0.1) is 34.3 Å². The highest BCUT2D eigenvalue weighted by Crippen LogP contribution is 2.50. The Bertz CT molecular complexity index is 2170. The van der Waals surface area contributed by atoms with Crippen LogP contribution in [0.3, 0.4) is 0 Å². The van der Waals surface area contributed by atoms with Crippen LogP contribution < -0.4 is 15.0 Å². The van der Waals surface area contributed by atoms with E-state index in [1.54, 1.807) is 35.1 Å². The Morgan fingerprint density at radius 1 is 1.12 bits per heavy atom. The molecule has 1 aliphatic heterocycles. The number of hydrogen-bond acceptors (Lipinski definition) is 9. The highest BCUT2D eigenvalue weighted by Gasteiger charge is 2.51. The van der Waals surface area contributed by atoms with Crippen LogP contribution in [-0.2, 0) is 29.4 Å². The molecule has 1 amide bonds. The van der Waals surface area contributed by atoms with Crippen LogP contribution in [0.2, 0.25) is 5.02 Å². The number of hydrogen-bond donors (Lipinski definition) is 1. The topological polar surface area (TPSA) is 123 Å². The van der Waals surface area contributed by atoms with Gasteiger partial charge in [0.25, 0.3) is 11.5 Å². The zero-order valence-corrected chi connectivity index (χ0v) is 30.4. The Hall–Kier alpha value is -3.46. The lowest BCUT2D eigenvalue weighted by Crippen LogP contribution is -2.62. The highest BCUT2D eigenvalue weighted by molar-refractivity contribution is 7.89. The first-order valence-corrected chi connectivity index (χ1v) is 19.8. The van der Waals surface area contributed by atoms with Crippen molar-refractivity contribution in [1.29, 1.82) is 0 Å². The van der Waals surface area contributed by atoms with Gasteiger partial charge in [-0.25, -0.2) is 26.9 Å². The number of carbonyl (C=O) groups is 1. The average Bonchev–Trinajstić information content (AvgIpc) is 3.45. The number of fused-ring (bicyclic) bond motifs is 2. The molecule has 10 nitrogen and oxygen atoms in total. The molecule has 2 fully saturated rings. The number of nitrogens with zero attached hydrogens (tertiary/aromatic N) is 4. The SMILES string of the molecule is Cc1cc(-c2cc(Cl)ccc2OCCn2c(C)nc3c(c2=O)C[C@H](N2CC4(CCC(F)(F)CC4)C2)CC3)c2scc(C(=O)NS(C)(=O)=O)c2n1. The molecule has 1 N–H and O–H groups in total. The van der Waals surface area contributed by atoms with E-state index in [-0.39, 0.29) is 48.6 Å². The number of aryl methyl sites for hydroxylation is 3. The molecule has 1 spiro atoms. The lowest BCUT2D eigenvalue weighted by Gasteiger charge is -2.56. The lowest BCUT2D eigenvalue weighted by molar-refractivity contribution is -0.123. The number of sulfonamides is 1. The summed E-state index contributed by atoms with van der Waals surface area (Å²) in [6, 6.07) is 7.28. The third-order valence-electron chi connectivity index (χ3n) is 10.3. The Kier molecular flexibility index (Phi) is 9.05. The Morgan fingerprint density at radius 3 is 2.58 bits per heavy atom. The van der Waals surface area contributed by atoms with Crippen molar-refractivity contribution in [2.75, 3.05) is 26.0 Å². The summed E-state index contributed by atoms with van der Waals surface area (Å²) in [6.07, 6.45) is 4.18. The summed E-state index contributed by atoms with van der Waals surface area (Å²) < 4.78 is 61.6. The van der Waals surface area contributed by atoms with Crippen molar-refractivity contribution in [3.8, 4) is 16.9 Å². The monoisotopic (exact) mass is 745 g/mol. The van der Waals surface area contributed by atoms with Crippen LogP contribution in [0, 0.1) is 19.3 Å². The molecule has 50 heavy (non-hydrogen) atoms. The van der Waals surface area contributed by atoms with Crippen molar-refractivity contribution < 1.29 is 26.7 Å². The maximum atomic E-state index is 13.9. The molecule has 15 heteroatoms. The fourth-order valence-corrected chi connectivity index (χ4v) is 9.36. The first kappa shape index (κ1) is 35.0. The number of likely N-dealkylation sites (tertiary alicyclic amines) is 1. The predicted octanol–water partition coefficient (Wildman–Crippen LogP) is 5.93. The second-order valence-electron chi connectivity index (χ2n) is 14.0. The fourth-order valence-electron chi connectivity index (χ4n) is 7.73. The number of ether oxygens (including phenoxy) is 1. The zero-order valence-electron chi connectivity index (χ0n) is 28.0. The van der Waals surface area contributed by atoms with Gasteiger partial charge in [-0.05, 0) is 75.6 Å². The number of aromatic nitrogens is 3. The Labute approximate surface area is 297 Å². The minimum Gasteiger partial charge on any atom is -0.491 e. The molecule has 0 radical (unpaired) electrons. The molecule has 4 heterocycles. The van der Waals surface area contributed by atoms with E-state index in [1.807, 2.05) is 17.7 Å². The number of amides is 1.